The molecule has 1 amide bonds. The molecule has 2 aromatic carbocycles. The van der Waals surface area contributed by atoms with Crippen LogP contribution in [0.5, 0.6) is 11.5 Å². The number of carboxylic acids is 1. The van der Waals surface area contributed by atoms with Gasteiger partial charge in [-0.15, -0.1) is 0 Å². The van der Waals surface area contributed by atoms with Crippen LogP contribution in [0.1, 0.15) is 17.5 Å². The number of likely N-dealkylation sites (tertiary alicyclic amines) is 1. The van der Waals surface area contributed by atoms with Gasteiger partial charge in [0.1, 0.15) is 27.6 Å². The van der Waals surface area contributed by atoms with Crippen molar-refractivity contribution in [3.05, 3.63) is 76.0 Å². The van der Waals surface area contributed by atoms with E-state index in [1.54, 1.807) is 0 Å². The summed E-state index contributed by atoms with van der Waals surface area (Å²) in [5.74, 6) is -2.12. The smallest absolute Gasteiger partial charge is 0.321 e. The van der Waals surface area contributed by atoms with Crippen molar-refractivity contribution in [2.75, 3.05) is 25.1 Å². The Morgan fingerprint density at radius 2 is 1.85 bits per heavy atom. The summed E-state index contributed by atoms with van der Waals surface area (Å²) >= 11 is 12.9. The first-order valence-electron chi connectivity index (χ1n) is 11.9. The van der Waals surface area contributed by atoms with Crippen molar-refractivity contribution in [2.45, 2.75) is 29.0 Å². The van der Waals surface area contributed by atoms with Crippen LogP contribution in [0.25, 0.3) is 0 Å². The first-order valence-corrected chi connectivity index (χ1v) is 14.1. The lowest BCUT2D eigenvalue weighted by molar-refractivity contribution is -0.145. The van der Waals surface area contributed by atoms with Crippen molar-refractivity contribution in [3.63, 3.8) is 0 Å². The second-order valence-corrected chi connectivity index (χ2v) is 11.8. The second kappa shape index (κ2) is 10.2. The minimum Gasteiger partial charge on any atom is -0.497 e. The fraction of sp³-hybridized carbons (Fsp3) is 0.269. The number of carbonyl (C=O) groups is 2. The molecular formula is C26H23Cl2N3O8S. The number of rotatable bonds is 7. The van der Waals surface area contributed by atoms with E-state index in [-0.39, 0.29) is 50.6 Å². The summed E-state index contributed by atoms with van der Waals surface area (Å²) in [6.45, 7) is -0.278. The first-order chi connectivity index (χ1) is 19.0. The van der Waals surface area contributed by atoms with Crippen LogP contribution in [-0.2, 0) is 25.2 Å². The average molecular weight is 608 g/mol. The van der Waals surface area contributed by atoms with Crippen LogP contribution in [0.4, 0.5) is 5.69 Å². The van der Waals surface area contributed by atoms with Crippen molar-refractivity contribution in [1.82, 2.24) is 9.88 Å². The quantitative estimate of drug-likeness (QED) is 0.384. The van der Waals surface area contributed by atoms with E-state index < -0.39 is 39.6 Å². The fourth-order valence-corrected chi connectivity index (χ4v) is 7.47. The zero-order valence-corrected chi connectivity index (χ0v) is 23.4. The molecule has 3 heterocycles. The van der Waals surface area contributed by atoms with Crippen molar-refractivity contribution >= 4 is 50.8 Å². The number of sulfonamides is 1. The average Bonchev–Trinajstić information content (AvgIpc) is 3.44. The molecule has 1 unspecified atom stereocenters. The Morgan fingerprint density at radius 1 is 1.10 bits per heavy atom. The Kier molecular flexibility index (Phi) is 7.17. The van der Waals surface area contributed by atoms with Gasteiger partial charge >= 0.3 is 5.97 Å². The van der Waals surface area contributed by atoms with E-state index in [0.717, 1.165) is 0 Å². The Balaban J connectivity index is 1.85. The number of fused-ring (bicyclic) bond motifs is 1. The predicted octanol–water partition coefficient (Wildman–Crippen LogP) is 2.90. The van der Waals surface area contributed by atoms with Crippen LogP contribution in [-0.4, -0.2) is 73.3 Å². The van der Waals surface area contributed by atoms with Gasteiger partial charge in [-0.05, 0) is 36.4 Å². The number of aliphatic hydroxyl groups excluding tert-OH is 1. The lowest BCUT2D eigenvalue weighted by atomic mass is 9.82. The molecule has 2 aliphatic rings. The molecule has 3 atom stereocenters. The van der Waals surface area contributed by atoms with Crippen molar-refractivity contribution < 1.29 is 37.7 Å². The van der Waals surface area contributed by atoms with Crippen LogP contribution >= 0.6 is 23.2 Å². The van der Waals surface area contributed by atoms with Crippen LogP contribution in [0.2, 0.25) is 10.2 Å². The van der Waals surface area contributed by atoms with Crippen molar-refractivity contribution in [3.8, 4) is 11.5 Å². The zero-order chi connectivity index (χ0) is 29.0. The second-order valence-electron chi connectivity index (χ2n) is 9.20. The number of nitrogens with zero attached hydrogens (tertiary/aromatic N) is 3. The third kappa shape index (κ3) is 4.10. The van der Waals surface area contributed by atoms with Gasteiger partial charge in [0.15, 0.2) is 5.54 Å². The summed E-state index contributed by atoms with van der Waals surface area (Å²) in [5, 5.41) is 20.7. The molecule has 3 aromatic rings. The van der Waals surface area contributed by atoms with Crippen molar-refractivity contribution in [1.29, 1.82) is 0 Å². The highest BCUT2D eigenvalue weighted by molar-refractivity contribution is 7.93. The highest BCUT2D eigenvalue weighted by Crippen LogP contribution is 2.54. The van der Waals surface area contributed by atoms with Crippen LogP contribution in [0, 0.1) is 0 Å². The molecule has 0 bridgehead atoms. The minimum absolute atomic E-state index is 0.0323. The third-order valence-electron chi connectivity index (χ3n) is 7.09. The van der Waals surface area contributed by atoms with Gasteiger partial charge in [0, 0.05) is 41.4 Å². The van der Waals surface area contributed by atoms with Crippen LogP contribution in [0.15, 0.2) is 59.6 Å². The van der Waals surface area contributed by atoms with Crippen molar-refractivity contribution in [2.24, 2.45) is 0 Å². The Morgan fingerprint density at radius 3 is 2.50 bits per heavy atom. The molecule has 5 rings (SSSR count). The number of carboxylic acid groups (broad SMARTS) is 1. The van der Waals surface area contributed by atoms with Crippen LogP contribution in [0.3, 0.4) is 0 Å². The molecule has 14 heteroatoms. The summed E-state index contributed by atoms with van der Waals surface area (Å²) in [7, 11) is -2.02. The number of aromatic nitrogens is 1. The SMILES string of the molecule is COc1ccc(S(=O)(=O)N2C(=O)C(c3cccnc3Cl)(N3C[C@H](O)C[C@H]3C(=O)O)c3cc(Cl)ccc32)c(OC)c1. The van der Waals surface area contributed by atoms with Gasteiger partial charge in [0.25, 0.3) is 15.9 Å². The standard InChI is InChI=1S/C26H23Cl2N3O8S/c1-38-16-6-8-22(21(12-16)39-2)40(36,37)31-19-7-5-14(27)10-18(19)26(25(31)35,17-4-3-9-29-23(17)28)30-13-15(32)11-20(30)24(33)34/h3-10,12,15,20,32H,11,13H2,1-2H3,(H,33,34)/t15-,20+,26?/m1/s1. The number of aliphatic carboxylic acids is 1. The highest BCUT2D eigenvalue weighted by atomic mass is 35.5. The summed E-state index contributed by atoms with van der Waals surface area (Å²) < 4.78 is 39.7. The maximum absolute atomic E-state index is 14.8. The first kappa shape index (κ1) is 28.1. The number of benzene rings is 2. The van der Waals surface area contributed by atoms with Gasteiger partial charge < -0.3 is 19.7 Å². The number of anilines is 1. The Labute approximate surface area is 239 Å². The zero-order valence-electron chi connectivity index (χ0n) is 21.1. The fourth-order valence-electron chi connectivity index (χ4n) is 5.44. The van der Waals surface area contributed by atoms with Gasteiger partial charge in [0.2, 0.25) is 0 Å². The van der Waals surface area contributed by atoms with E-state index in [1.807, 2.05) is 0 Å². The minimum atomic E-state index is -4.69. The molecule has 0 saturated carbocycles. The van der Waals surface area contributed by atoms with Gasteiger partial charge in [-0.2, -0.15) is 0 Å². The summed E-state index contributed by atoms with van der Waals surface area (Å²) in [6, 6.07) is 9.75. The number of ether oxygens (including phenoxy) is 2. The molecule has 210 valence electrons. The largest absolute Gasteiger partial charge is 0.497 e. The molecule has 0 spiro atoms. The Hall–Kier alpha value is -3.42. The molecule has 40 heavy (non-hydrogen) atoms. The Bertz CT molecular complexity index is 1640. The topological polar surface area (TPSA) is 147 Å². The van der Waals surface area contributed by atoms with E-state index in [2.05, 4.69) is 4.98 Å². The van der Waals surface area contributed by atoms with E-state index in [9.17, 15) is 28.2 Å². The van der Waals surface area contributed by atoms with E-state index in [1.165, 1.54) is 73.8 Å². The van der Waals surface area contributed by atoms with E-state index in [4.69, 9.17) is 32.7 Å². The number of amides is 1. The number of pyridine rings is 1. The summed E-state index contributed by atoms with van der Waals surface area (Å²) in [6.07, 6.45) is 0.0374. The van der Waals surface area contributed by atoms with Gasteiger partial charge in [-0.3, -0.25) is 14.5 Å². The maximum atomic E-state index is 14.8. The molecule has 11 nitrogen and oxygen atoms in total. The summed E-state index contributed by atoms with van der Waals surface area (Å²) in [5.41, 5.74) is -2.10. The monoisotopic (exact) mass is 607 g/mol. The van der Waals surface area contributed by atoms with E-state index in [0.29, 0.717) is 10.1 Å². The highest BCUT2D eigenvalue weighted by Gasteiger charge is 2.64. The summed E-state index contributed by atoms with van der Waals surface area (Å²) in [4.78, 5) is 32.2. The number of hydrogen-bond acceptors (Lipinski definition) is 9. The lowest BCUT2D eigenvalue weighted by Crippen LogP contribution is -2.58. The normalized spacial score (nSPS) is 22.8. The maximum Gasteiger partial charge on any atom is 0.321 e. The molecule has 2 aliphatic heterocycles. The predicted molar refractivity (Wildman–Crippen MR) is 144 cm³/mol. The lowest BCUT2D eigenvalue weighted by Gasteiger charge is -2.40. The number of carbonyl (C=O) groups excluding carboxylic acids is 1. The molecule has 0 aliphatic carbocycles. The number of β-amino-alcohol motifs (C(OH)–C–C–N with tert-alkyl or cyclic N) is 1. The molecular weight excluding hydrogens is 585 g/mol. The molecule has 2 N–H and O–H groups in total. The van der Waals surface area contributed by atoms with E-state index >= 15 is 0 Å². The molecule has 1 aromatic heterocycles. The molecule has 0 radical (unpaired) electrons. The number of halogens is 2. The van der Waals surface area contributed by atoms with Crippen LogP contribution < -0.4 is 13.8 Å². The molecule has 1 saturated heterocycles. The molecule has 1 fully saturated rings. The van der Waals surface area contributed by atoms with Gasteiger partial charge in [-0.1, -0.05) is 29.3 Å². The number of aliphatic hydroxyl groups is 1. The van der Waals surface area contributed by atoms with Gasteiger partial charge in [-0.25, -0.2) is 17.7 Å². The number of methoxy groups -OCH3 is 2. The number of hydrogen-bond donors (Lipinski definition) is 2. The third-order valence-corrected chi connectivity index (χ3v) is 9.37. The van der Waals surface area contributed by atoms with Gasteiger partial charge in [0.05, 0.1) is 26.0 Å².